The van der Waals surface area contributed by atoms with Gasteiger partial charge in [0, 0.05) is 19.2 Å². The van der Waals surface area contributed by atoms with Gasteiger partial charge in [-0.1, -0.05) is 36.4 Å². The zero-order valence-electron chi connectivity index (χ0n) is 18.1. The fourth-order valence-electron chi connectivity index (χ4n) is 3.65. The maximum absolute atomic E-state index is 11.5. The highest BCUT2D eigenvalue weighted by atomic mass is 16.6. The number of likely N-dealkylation sites (tertiary alicyclic amines) is 1. The van der Waals surface area contributed by atoms with E-state index in [0.29, 0.717) is 29.4 Å². The first kappa shape index (κ1) is 21.4. The summed E-state index contributed by atoms with van der Waals surface area (Å²) < 4.78 is 12.1. The van der Waals surface area contributed by atoms with E-state index in [1.165, 1.54) is 6.07 Å². The third-order valence-corrected chi connectivity index (χ3v) is 5.37. The Hall–Kier alpha value is -3.80. The largest absolute Gasteiger partial charge is 0.485 e. The van der Waals surface area contributed by atoms with Crippen LogP contribution in [0.1, 0.15) is 29.5 Å². The molecule has 3 aromatic carbocycles. The van der Waals surface area contributed by atoms with Gasteiger partial charge in [0.15, 0.2) is 11.5 Å². The smallest absolute Gasteiger partial charge is 0.276 e. The molecule has 1 heterocycles. The van der Waals surface area contributed by atoms with Crippen molar-refractivity contribution < 1.29 is 14.4 Å². The molecule has 0 bridgehead atoms. The fourth-order valence-corrected chi connectivity index (χ4v) is 3.65. The monoisotopic (exact) mass is 430 g/mol. The van der Waals surface area contributed by atoms with Gasteiger partial charge in [-0.05, 0) is 67.4 Å². The summed E-state index contributed by atoms with van der Waals surface area (Å²) in [4.78, 5) is 13.3. The van der Waals surface area contributed by atoms with Gasteiger partial charge in [0.05, 0.1) is 10.5 Å². The van der Waals surface area contributed by atoms with Crippen LogP contribution in [0.25, 0.3) is 6.08 Å². The highest BCUT2D eigenvalue weighted by Crippen LogP contribution is 2.35. The molecule has 0 aliphatic carbocycles. The Balaban J connectivity index is 1.56. The summed E-state index contributed by atoms with van der Waals surface area (Å²) >= 11 is 0. The van der Waals surface area contributed by atoms with Gasteiger partial charge in [0.1, 0.15) is 12.4 Å². The molecule has 0 aromatic heterocycles. The number of nitro benzene ring substituents is 1. The molecule has 1 aliphatic rings. The second-order valence-corrected chi connectivity index (χ2v) is 7.86. The third kappa shape index (κ3) is 5.46. The molecule has 0 amide bonds. The number of nitro groups is 1. The van der Waals surface area contributed by atoms with Crippen molar-refractivity contribution in [2.75, 3.05) is 13.1 Å². The normalized spacial score (nSPS) is 13.5. The highest BCUT2D eigenvalue weighted by Gasteiger charge is 2.15. The zero-order valence-corrected chi connectivity index (χ0v) is 18.1. The van der Waals surface area contributed by atoms with Gasteiger partial charge >= 0.3 is 0 Å². The average Bonchev–Trinajstić information content (AvgIpc) is 3.32. The van der Waals surface area contributed by atoms with Crippen LogP contribution >= 0.6 is 0 Å². The summed E-state index contributed by atoms with van der Waals surface area (Å²) in [5.41, 5.74) is 2.68. The summed E-state index contributed by atoms with van der Waals surface area (Å²) in [6.45, 7) is 4.37. The molecule has 0 unspecified atom stereocenters. The molecule has 1 fully saturated rings. The lowest BCUT2D eigenvalue weighted by atomic mass is 10.1. The van der Waals surface area contributed by atoms with Gasteiger partial charge in [0.2, 0.25) is 0 Å². The molecule has 6 nitrogen and oxygen atoms in total. The predicted molar refractivity (Wildman–Crippen MR) is 125 cm³/mol. The van der Waals surface area contributed by atoms with Crippen molar-refractivity contribution in [3.05, 3.63) is 99.7 Å². The Morgan fingerprint density at radius 3 is 2.53 bits per heavy atom. The summed E-state index contributed by atoms with van der Waals surface area (Å²) in [5.74, 6) is 1.71. The number of nitrogens with zero attached hydrogens (tertiary/aromatic N) is 2. The second-order valence-electron chi connectivity index (χ2n) is 7.86. The van der Waals surface area contributed by atoms with E-state index in [1.807, 2.05) is 61.7 Å². The van der Waals surface area contributed by atoms with E-state index in [0.717, 1.165) is 37.1 Å². The van der Waals surface area contributed by atoms with Crippen molar-refractivity contribution in [1.29, 1.82) is 0 Å². The molecule has 6 heteroatoms. The molecular formula is C26H26N2O4. The number of rotatable bonds is 8. The molecule has 0 saturated carbocycles. The van der Waals surface area contributed by atoms with E-state index in [2.05, 4.69) is 4.90 Å². The van der Waals surface area contributed by atoms with Crippen LogP contribution < -0.4 is 9.47 Å². The number of ether oxygens (including phenoxy) is 2. The van der Waals surface area contributed by atoms with Crippen LogP contribution in [-0.4, -0.2) is 22.9 Å². The predicted octanol–water partition coefficient (Wildman–Crippen LogP) is 6.34. The molecule has 164 valence electrons. The molecule has 1 saturated heterocycles. The van der Waals surface area contributed by atoms with E-state index in [4.69, 9.17) is 9.47 Å². The van der Waals surface area contributed by atoms with Gasteiger partial charge < -0.3 is 14.4 Å². The van der Waals surface area contributed by atoms with E-state index in [9.17, 15) is 10.1 Å². The minimum absolute atomic E-state index is 0.0530. The van der Waals surface area contributed by atoms with E-state index in [1.54, 1.807) is 18.2 Å². The Bertz CT molecular complexity index is 1110. The first-order valence-electron chi connectivity index (χ1n) is 10.7. The minimum Gasteiger partial charge on any atom is -0.485 e. The van der Waals surface area contributed by atoms with Crippen molar-refractivity contribution in [1.82, 2.24) is 4.90 Å². The molecule has 4 rings (SSSR count). The van der Waals surface area contributed by atoms with Gasteiger partial charge in [-0.25, -0.2) is 0 Å². The van der Waals surface area contributed by atoms with E-state index >= 15 is 0 Å². The van der Waals surface area contributed by atoms with Crippen molar-refractivity contribution in [2.45, 2.75) is 26.4 Å². The van der Waals surface area contributed by atoms with Gasteiger partial charge in [0.25, 0.3) is 5.69 Å². The Labute approximate surface area is 187 Å². The van der Waals surface area contributed by atoms with Crippen LogP contribution in [0.15, 0.2) is 72.9 Å². The average molecular weight is 431 g/mol. The van der Waals surface area contributed by atoms with Crippen LogP contribution in [0.2, 0.25) is 0 Å². The van der Waals surface area contributed by atoms with Gasteiger partial charge in [-0.15, -0.1) is 0 Å². The van der Waals surface area contributed by atoms with Crippen molar-refractivity contribution in [3.63, 3.8) is 0 Å². The van der Waals surface area contributed by atoms with Crippen LogP contribution in [0.5, 0.6) is 17.2 Å². The van der Waals surface area contributed by atoms with Gasteiger partial charge in [-0.2, -0.15) is 0 Å². The van der Waals surface area contributed by atoms with E-state index < -0.39 is 0 Å². The molecule has 0 N–H and O–H groups in total. The van der Waals surface area contributed by atoms with Crippen molar-refractivity contribution in [3.8, 4) is 17.2 Å². The van der Waals surface area contributed by atoms with Crippen molar-refractivity contribution >= 4 is 11.8 Å². The molecular weight excluding hydrogens is 404 g/mol. The maximum atomic E-state index is 11.5. The second kappa shape index (κ2) is 10.0. The lowest BCUT2D eigenvalue weighted by Crippen LogP contribution is -2.10. The molecule has 0 atom stereocenters. The highest BCUT2D eigenvalue weighted by molar-refractivity contribution is 5.63. The molecule has 0 radical (unpaired) electrons. The number of hydrogen-bond acceptors (Lipinski definition) is 5. The first-order chi connectivity index (χ1) is 15.6. The summed E-state index contributed by atoms with van der Waals surface area (Å²) in [6, 6.07) is 20.5. The number of benzene rings is 3. The molecule has 0 spiro atoms. The quantitative estimate of drug-likeness (QED) is 0.308. The number of aryl methyl sites for hydroxylation is 1. The van der Waals surface area contributed by atoms with Crippen LogP contribution in [0.4, 0.5) is 5.69 Å². The van der Waals surface area contributed by atoms with Gasteiger partial charge in [-0.3, -0.25) is 10.1 Å². The summed E-state index contributed by atoms with van der Waals surface area (Å²) in [6.07, 6.45) is 6.02. The first-order valence-corrected chi connectivity index (χ1v) is 10.7. The standard InChI is InChI=1S/C26H26N2O4/c1-20-9-12-25(26(17-20)31-19-21-7-3-2-4-8-21)32-23-10-11-24(28(29)30)22(18-23)13-16-27-14-5-6-15-27/h2-4,7-13,16-18H,5-6,14-15,19H2,1H3. The maximum Gasteiger partial charge on any atom is 0.276 e. The molecule has 1 aliphatic heterocycles. The third-order valence-electron chi connectivity index (χ3n) is 5.37. The lowest BCUT2D eigenvalue weighted by Gasteiger charge is -2.14. The summed E-state index contributed by atoms with van der Waals surface area (Å²) in [5, 5.41) is 11.5. The molecule has 3 aromatic rings. The van der Waals surface area contributed by atoms with Crippen LogP contribution in [0, 0.1) is 17.0 Å². The minimum atomic E-state index is -0.367. The Kier molecular flexibility index (Phi) is 6.70. The van der Waals surface area contributed by atoms with E-state index in [-0.39, 0.29) is 10.6 Å². The zero-order chi connectivity index (χ0) is 22.3. The fraction of sp³-hybridized carbons (Fsp3) is 0.231. The Morgan fingerprint density at radius 2 is 1.78 bits per heavy atom. The summed E-state index contributed by atoms with van der Waals surface area (Å²) in [7, 11) is 0. The SMILES string of the molecule is Cc1ccc(Oc2ccc([N+](=O)[O-])c(C=CN3CCCC3)c2)c(OCc2ccccc2)c1. The van der Waals surface area contributed by atoms with Crippen molar-refractivity contribution in [2.24, 2.45) is 0 Å². The number of hydrogen-bond donors (Lipinski definition) is 0. The Morgan fingerprint density at radius 1 is 1.00 bits per heavy atom. The molecule has 32 heavy (non-hydrogen) atoms. The van der Waals surface area contributed by atoms with Crippen LogP contribution in [-0.2, 0) is 6.61 Å². The topological polar surface area (TPSA) is 64.8 Å². The van der Waals surface area contributed by atoms with Crippen LogP contribution in [0.3, 0.4) is 0 Å². The lowest BCUT2D eigenvalue weighted by molar-refractivity contribution is -0.385.